The molecular formula is C15H23ClFN3OS2. The highest BCUT2D eigenvalue weighted by atomic mass is 35.5. The zero-order valence-corrected chi connectivity index (χ0v) is 15.8. The largest absolute Gasteiger partial charge is 0.370 e. The van der Waals surface area contributed by atoms with Gasteiger partial charge in [-0.05, 0) is 18.1 Å². The molecular weight excluding hydrogens is 357 g/mol. The fourth-order valence-electron chi connectivity index (χ4n) is 3.01. The summed E-state index contributed by atoms with van der Waals surface area (Å²) < 4.78 is 20.0. The number of nitrogens with one attached hydrogen (secondary N) is 1. The number of morpholine rings is 1. The third-order valence-corrected chi connectivity index (χ3v) is 4.24. The maximum Gasteiger partial charge on any atom is 0.222 e. The molecule has 130 valence electrons. The maximum absolute atomic E-state index is 14.1. The van der Waals surface area contributed by atoms with Gasteiger partial charge < -0.3 is 10.1 Å². The van der Waals surface area contributed by atoms with E-state index in [4.69, 9.17) is 11.3 Å². The van der Waals surface area contributed by atoms with Crippen molar-refractivity contribution in [3.8, 4) is 0 Å². The van der Waals surface area contributed by atoms with E-state index in [1.54, 1.807) is 13.0 Å². The Morgan fingerprint density at radius 1 is 1.39 bits per heavy atom. The van der Waals surface area contributed by atoms with Crippen molar-refractivity contribution in [2.45, 2.75) is 19.1 Å². The van der Waals surface area contributed by atoms with Crippen molar-refractivity contribution >= 4 is 45.1 Å². The second kappa shape index (κ2) is 9.72. The van der Waals surface area contributed by atoms with Crippen molar-refractivity contribution in [2.24, 2.45) is 0 Å². The van der Waals surface area contributed by atoms with Crippen LogP contribution < -0.4 is 5.32 Å². The number of rotatable bonds is 1. The van der Waals surface area contributed by atoms with Gasteiger partial charge in [-0.2, -0.15) is 27.0 Å². The summed E-state index contributed by atoms with van der Waals surface area (Å²) in [5, 5.41) is 3.36. The first-order chi connectivity index (χ1) is 9.70. The summed E-state index contributed by atoms with van der Waals surface area (Å²) in [6.45, 7) is 13.1. The lowest BCUT2D eigenvalue weighted by Crippen LogP contribution is -2.57. The van der Waals surface area contributed by atoms with E-state index >= 15 is 0 Å². The van der Waals surface area contributed by atoms with Crippen LogP contribution in [0, 0.1) is 19.3 Å². The predicted molar refractivity (Wildman–Crippen MR) is 102 cm³/mol. The molecule has 0 spiro atoms. The van der Waals surface area contributed by atoms with Gasteiger partial charge in [0.05, 0.1) is 19.3 Å². The van der Waals surface area contributed by atoms with Crippen molar-refractivity contribution in [3.05, 3.63) is 40.5 Å². The number of hydrogen-bond donors (Lipinski definition) is 1. The minimum Gasteiger partial charge on any atom is -0.370 e. The molecule has 1 N–H and O–H groups in total. The molecule has 0 aromatic heterocycles. The smallest absolute Gasteiger partial charge is 0.222 e. The molecule has 2 aliphatic heterocycles. The number of fused-ring (bicyclic) bond motifs is 1. The molecule has 8 heteroatoms. The predicted octanol–water partition coefficient (Wildman–Crippen LogP) is 2.68. The Morgan fingerprint density at radius 3 is 2.83 bits per heavy atom. The minimum atomic E-state index is -0.413. The summed E-state index contributed by atoms with van der Waals surface area (Å²) in [5.74, 6) is -0.413. The summed E-state index contributed by atoms with van der Waals surface area (Å²) in [7, 11) is 0. The Hall–Kier alpha value is -0.490. The van der Waals surface area contributed by atoms with Gasteiger partial charge in [-0.1, -0.05) is 12.1 Å². The molecule has 0 saturated carbocycles. The van der Waals surface area contributed by atoms with Gasteiger partial charge >= 0.3 is 0 Å². The molecule has 3 rings (SSSR count). The van der Waals surface area contributed by atoms with Crippen LogP contribution >= 0.6 is 39.4 Å². The first kappa shape index (κ1) is 22.5. The van der Waals surface area contributed by atoms with Crippen LogP contribution in [-0.4, -0.2) is 43.7 Å². The molecule has 1 aromatic carbocycles. The fourth-order valence-corrected chi connectivity index (χ4v) is 3.01. The lowest BCUT2D eigenvalue weighted by atomic mass is 9.99. The Balaban J connectivity index is 0.00000161. The van der Waals surface area contributed by atoms with Crippen LogP contribution in [0.4, 0.5) is 10.1 Å². The van der Waals surface area contributed by atoms with E-state index in [0.29, 0.717) is 18.2 Å². The highest BCUT2D eigenvalue weighted by Crippen LogP contribution is 2.32. The second-order valence-corrected chi connectivity index (χ2v) is 5.40. The van der Waals surface area contributed by atoms with Crippen LogP contribution in [0.5, 0.6) is 0 Å². The van der Waals surface area contributed by atoms with Gasteiger partial charge in [-0.3, -0.25) is 4.90 Å². The summed E-state index contributed by atoms with van der Waals surface area (Å²) in [6, 6.07) is 3.81. The van der Waals surface area contributed by atoms with Crippen molar-refractivity contribution in [1.29, 1.82) is 0 Å². The van der Waals surface area contributed by atoms with Crippen LogP contribution in [0.15, 0.2) is 12.1 Å². The Bertz CT molecular complexity index is 570. The molecule has 4 nitrogen and oxygen atoms in total. The first-order valence-corrected chi connectivity index (χ1v) is 6.93. The van der Waals surface area contributed by atoms with Crippen LogP contribution in [0.1, 0.15) is 17.2 Å². The molecule has 2 aliphatic rings. The number of ether oxygens (including phenoxy) is 1. The van der Waals surface area contributed by atoms with E-state index in [-0.39, 0.29) is 51.2 Å². The van der Waals surface area contributed by atoms with Crippen molar-refractivity contribution in [1.82, 2.24) is 10.2 Å². The number of hydrogen-bond acceptors (Lipinski definition) is 3. The molecule has 0 bridgehead atoms. The molecule has 0 aliphatic carbocycles. The lowest BCUT2D eigenvalue weighted by Gasteiger charge is -2.43. The average Bonchev–Trinajstić information content (AvgIpc) is 2.49. The van der Waals surface area contributed by atoms with Crippen LogP contribution in [-0.2, 0) is 4.74 Å². The third-order valence-electron chi connectivity index (χ3n) is 4.24. The monoisotopic (exact) mass is 379 g/mol. The van der Waals surface area contributed by atoms with Gasteiger partial charge in [0.2, 0.25) is 5.69 Å². The van der Waals surface area contributed by atoms with Gasteiger partial charge in [0, 0.05) is 32.2 Å². The normalized spacial score (nSPS) is 23.3. The van der Waals surface area contributed by atoms with Crippen LogP contribution in [0.3, 0.4) is 0 Å². The van der Waals surface area contributed by atoms with Gasteiger partial charge in [0.25, 0.3) is 0 Å². The average molecular weight is 380 g/mol. The molecule has 2 fully saturated rings. The second-order valence-electron chi connectivity index (χ2n) is 5.40. The molecule has 2 heterocycles. The topological polar surface area (TPSA) is 28.9 Å². The number of nitrogens with zero attached hydrogens (tertiary/aromatic N) is 2. The zero-order valence-electron chi connectivity index (χ0n) is 12.9. The van der Waals surface area contributed by atoms with E-state index in [2.05, 4.69) is 15.1 Å². The standard InChI is InChI=1S/C15H18FN3O.ClH.2H2S/c1-10-12(3-4-13(17-2)15(10)16)14-8-19-6-5-18-7-11(19)9-20-14;;;/h3-4,11,14,18H,5-9H2,1H3;1H;2*1H2/t11-,14+;;;/m0.../s1. The lowest BCUT2D eigenvalue weighted by molar-refractivity contribution is -0.0720. The number of halogens is 2. The van der Waals surface area contributed by atoms with E-state index in [1.165, 1.54) is 0 Å². The van der Waals surface area contributed by atoms with E-state index < -0.39 is 5.82 Å². The van der Waals surface area contributed by atoms with Gasteiger partial charge in [0.15, 0.2) is 0 Å². The summed E-state index contributed by atoms with van der Waals surface area (Å²) >= 11 is 0. The summed E-state index contributed by atoms with van der Waals surface area (Å²) in [5.41, 5.74) is 1.49. The number of benzene rings is 1. The maximum atomic E-state index is 14.1. The molecule has 1 aromatic rings. The van der Waals surface area contributed by atoms with Crippen LogP contribution in [0.25, 0.3) is 4.85 Å². The summed E-state index contributed by atoms with van der Waals surface area (Å²) in [4.78, 5) is 5.61. The van der Waals surface area contributed by atoms with E-state index in [1.807, 2.05) is 6.07 Å². The van der Waals surface area contributed by atoms with E-state index in [9.17, 15) is 4.39 Å². The molecule has 23 heavy (non-hydrogen) atoms. The van der Waals surface area contributed by atoms with Gasteiger partial charge in [0.1, 0.15) is 5.82 Å². The van der Waals surface area contributed by atoms with E-state index in [0.717, 1.165) is 31.7 Å². The summed E-state index contributed by atoms with van der Waals surface area (Å²) in [6.07, 6.45) is -0.0985. The minimum absolute atomic E-state index is 0. The zero-order chi connectivity index (χ0) is 14.1. The Labute approximate surface area is 156 Å². The van der Waals surface area contributed by atoms with Crippen LogP contribution in [0.2, 0.25) is 0 Å². The molecule has 2 atom stereocenters. The molecule has 0 amide bonds. The molecule has 0 unspecified atom stereocenters. The fraction of sp³-hybridized carbons (Fsp3) is 0.533. The van der Waals surface area contributed by atoms with Crippen molar-refractivity contribution < 1.29 is 9.13 Å². The Kier molecular flexibility index (Phi) is 9.51. The highest BCUT2D eigenvalue weighted by Gasteiger charge is 2.32. The first-order valence-electron chi connectivity index (χ1n) is 6.93. The number of piperazine rings is 1. The van der Waals surface area contributed by atoms with Gasteiger partial charge in [-0.25, -0.2) is 9.24 Å². The Morgan fingerprint density at radius 2 is 2.13 bits per heavy atom. The van der Waals surface area contributed by atoms with Crippen molar-refractivity contribution in [2.75, 3.05) is 32.8 Å². The van der Waals surface area contributed by atoms with Gasteiger partial charge in [-0.15, -0.1) is 12.4 Å². The molecule has 0 radical (unpaired) electrons. The molecule has 2 saturated heterocycles. The highest BCUT2D eigenvalue weighted by molar-refractivity contribution is 7.59. The third kappa shape index (κ3) is 4.53. The quantitative estimate of drug-likeness (QED) is 0.760. The van der Waals surface area contributed by atoms with Crippen molar-refractivity contribution in [3.63, 3.8) is 0 Å². The SMILES string of the molecule is Cl.S.S.[C-]#[N+]c1ccc([C@H]2CN3CCNC[C@H]3CO2)c(C)c1F.